The highest BCUT2D eigenvalue weighted by molar-refractivity contribution is 5.80. The summed E-state index contributed by atoms with van der Waals surface area (Å²) < 4.78 is 4.67. The van der Waals surface area contributed by atoms with Crippen molar-refractivity contribution in [2.45, 2.75) is 12.5 Å². The Bertz CT molecular complexity index is 419. The first-order valence-corrected chi connectivity index (χ1v) is 5.29. The molecule has 0 spiro atoms. The highest BCUT2D eigenvalue weighted by atomic mass is 16.5. The van der Waals surface area contributed by atoms with Crippen molar-refractivity contribution in [2.24, 2.45) is 0 Å². The van der Waals surface area contributed by atoms with Gasteiger partial charge in [-0.05, 0) is 17.7 Å². The number of aliphatic carboxylic acids is 1. The molecule has 0 saturated carbocycles. The van der Waals surface area contributed by atoms with Crippen molar-refractivity contribution in [1.29, 1.82) is 0 Å². The van der Waals surface area contributed by atoms with Gasteiger partial charge in [0.1, 0.15) is 12.6 Å². The molecule has 2 N–H and O–H groups in total. The molecule has 0 radical (unpaired) electrons. The van der Waals surface area contributed by atoms with Crippen LogP contribution in [0.2, 0.25) is 0 Å². The Hall–Kier alpha value is -2.37. The van der Waals surface area contributed by atoms with E-state index in [1.54, 1.807) is 24.5 Å². The van der Waals surface area contributed by atoms with Gasteiger partial charge in [-0.2, -0.15) is 0 Å². The summed E-state index contributed by atoms with van der Waals surface area (Å²) in [6, 6.07) is 2.34. The van der Waals surface area contributed by atoms with Crippen LogP contribution in [-0.2, 0) is 16.0 Å². The summed E-state index contributed by atoms with van der Waals surface area (Å²) in [7, 11) is 0. The standard InChI is InChI=1S/C12H14N2O4/c1-2-7-18-12(17)14-10(11(15)16)8-9-3-5-13-6-4-9/h2-6,10H,1,7-8H2,(H,14,17)(H,15,16). The van der Waals surface area contributed by atoms with Crippen LogP contribution in [0.25, 0.3) is 0 Å². The van der Waals surface area contributed by atoms with E-state index in [2.05, 4.69) is 21.6 Å². The molecule has 0 saturated heterocycles. The van der Waals surface area contributed by atoms with Gasteiger partial charge in [0, 0.05) is 18.8 Å². The summed E-state index contributed by atoms with van der Waals surface area (Å²) in [6.45, 7) is 3.42. The van der Waals surface area contributed by atoms with Crippen LogP contribution in [0.3, 0.4) is 0 Å². The smallest absolute Gasteiger partial charge is 0.408 e. The molecule has 6 heteroatoms. The maximum absolute atomic E-state index is 11.3. The molecule has 1 aromatic heterocycles. The van der Waals surface area contributed by atoms with Crippen molar-refractivity contribution in [3.05, 3.63) is 42.7 Å². The summed E-state index contributed by atoms with van der Waals surface area (Å²) in [5.41, 5.74) is 0.765. The fourth-order valence-corrected chi connectivity index (χ4v) is 1.27. The van der Waals surface area contributed by atoms with Crippen molar-refractivity contribution < 1.29 is 19.4 Å². The summed E-state index contributed by atoms with van der Waals surface area (Å²) in [6.07, 6.45) is 3.91. The number of carboxylic acids is 1. The Kier molecular flexibility index (Phi) is 5.37. The molecule has 96 valence electrons. The number of aromatic nitrogens is 1. The van der Waals surface area contributed by atoms with E-state index in [1.165, 1.54) is 6.08 Å². The van der Waals surface area contributed by atoms with Crippen molar-refractivity contribution in [3.8, 4) is 0 Å². The maximum atomic E-state index is 11.3. The van der Waals surface area contributed by atoms with Gasteiger partial charge >= 0.3 is 12.1 Å². The predicted molar refractivity (Wildman–Crippen MR) is 64.0 cm³/mol. The van der Waals surface area contributed by atoms with Crippen molar-refractivity contribution in [2.75, 3.05) is 6.61 Å². The number of pyridine rings is 1. The molecule has 18 heavy (non-hydrogen) atoms. The van der Waals surface area contributed by atoms with Crippen LogP contribution in [-0.4, -0.2) is 34.8 Å². The molecule has 1 atom stereocenters. The van der Waals surface area contributed by atoms with Crippen LogP contribution < -0.4 is 5.32 Å². The molecule has 1 aromatic rings. The minimum absolute atomic E-state index is 0.0351. The van der Waals surface area contributed by atoms with Crippen molar-refractivity contribution in [1.82, 2.24) is 10.3 Å². The average Bonchev–Trinajstić information content (AvgIpc) is 2.36. The first-order chi connectivity index (χ1) is 8.63. The lowest BCUT2D eigenvalue weighted by molar-refractivity contribution is -0.139. The van der Waals surface area contributed by atoms with Gasteiger partial charge in [-0.3, -0.25) is 4.98 Å². The van der Waals surface area contributed by atoms with E-state index in [0.29, 0.717) is 0 Å². The zero-order valence-corrected chi connectivity index (χ0v) is 9.70. The fraction of sp³-hybridized carbons (Fsp3) is 0.250. The molecule has 0 bridgehead atoms. The average molecular weight is 250 g/mol. The zero-order chi connectivity index (χ0) is 13.4. The van der Waals surface area contributed by atoms with Gasteiger partial charge in [-0.1, -0.05) is 12.7 Å². The Morgan fingerprint density at radius 1 is 1.50 bits per heavy atom. The number of nitrogens with one attached hydrogen (secondary N) is 1. The number of nitrogens with zero attached hydrogens (tertiary/aromatic N) is 1. The van der Waals surface area contributed by atoms with Gasteiger partial charge < -0.3 is 15.2 Å². The second-order valence-corrected chi connectivity index (χ2v) is 3.48. The minimum Gasteiger partial charge on any atom is -0.480 e. The van der Waals surface area contributed by atoms with Crippen LogP contribution in [0.5, 0.6) is 0 Å². The predicted octanol–water partition coefficient (Wildman–Crippen LogP) is 0.990. The number of alkyl carbamates (subject to hydrolysis) is 1. The van der Waals surface area contributed by atoms with Crippen molar-refractivity contribution >= 4 is 12.1 Å². The minimum atomic E-state index is -1.12. The third-order valence-electron chi connectivity index (χ3n) is 2.11. The van der Waals surface area contributed by atoms with Gasteiger partial charge in [0.25, 0.3) is 0 Å². The molecule has 6 nitrogen and oxygen atoms in total. The first kappa shape index (κ1) is 13.7. The van der Waals surface area contributed by atoms with Gasteiger partial charge in [0.05, 0.1) is 0 Å². The van der Waals surface area contributed by atoms with Crippen molar-refractivity contribution in [3.63, 3.8) is 0 Å². The Labute approximate surface area is 104 Å². The number of ether oxygens (including phenoxy) is 1. The topological polar surface area (TPSA) is 88.5 Å². The van der Waals surface area contributed by atoms with Gasteiger partial charge in [0.2, 0.25) is 0 Å². The van der Waals surface area contributed by atoms with Crippen LogP contribution >= 0.6 is 0 Å². The molecule has 0 aliphatic carbocycles. The van der Waals surface area contributed by atoms with Gasteiger partial charge in [-0.25, -0.2) is 9.59 Å². The number of hydrogen-bond donors (Lipinski definition) is 2. The highest BCUT2D eigenvalue weighted by Gasteiger charge is 2.20. The van der Waals surface area contributed by atoms with E-state index in [0.717, 1.165) is 5.56 Å². The summed E-state index contributed by atoms with van der Waals surface area (Å²) in [5.74, 6) is -1.12. The molecule has 0 fully saturated rings. The van der Waals surface area contributed by atoms with Crippen LogP contribution in [0.15, 0.2) is 37.2 Å². The molecule has 1 amide bonds. The SMILES string of the molecule is C=CCOC(=O)NC(Cc1ccncc1)C(=O)O. The first-order valence-electron chi connectivity index (χ1n) is 5.29. The molecular weight excluding hydrogens is 236 g/mol. The quantitative estimate of drug-likeness (QED) is 0.735. The van der Waals surface area contributed by atoms with Crippen LogP contribution in [0.1, 0.15) is 5.56 Å². The third-order valence-corrected chi connectivity index (χ3v) is 2.11. The number of carbonyl (C=O) groups is 2. The molecular formula is C12H14N2O4. The molecule has 1 unspecified atom stereocenters. The largest absolute Gasteiger partial charge is 0.480 e. The Morgan fingerprint density at radius 2 is 2.17 bits per heavy atom. The molecule has 0 aliphatic rings. The van der Waals surface area contributed by atoms with E-state index >= 15 is 0 Å². The molecule has 0 aliphatic heterocycles. The number of rotatable bonds is 6. The normalized spacial score (nSPS) is 11.3. The van der Waals surface area contributed by atoms with Crippen LogP contribution in [0.4, 0.5) is 4.79 Å². The third kappa shape index (κ3) is 4.65. The lowest BCUT2D eigenvalue weighted by Crippen LogP contribution is -2.42. The summed E-state index contributed by atoms with van der Waals surface area (Å²) >= 11 is 0. The Balaban J connectivity index is 2.58. The lowest BCUT2D eigenvalue weighted by atomic mass is 10.1. The van der Waals surface area contributed by atoms with Gasteiger partial charge in [-0.15, -0.1) is 0 Å². The number of hydrogen-bond acceptors (Lipinski definition) is 4. The maximum Gasteiger partial charge on any atom is 0.408 e. The summed E-state index contributed by atoms with van der Waals surface area (Å²) in [4.78, 5) is 26.1. The zero-order valence-electron chi connectivity index (χ0n) is 9.70. The van der Waals surface area contributed by atoms with E-state index < -0.39 is 18.1 Å². The van der Waals surface area contributed by atoms with E-state index in [4.69, 9.17) is 5.11 Å². The van der Waals surface area contributed by atoms with E-state index in [-0.39, 0.29) is 13.0 Å². The summed E-state index contributed by atoms with van der Waals surface area (Å²) in [5, 5.41) is 11.3. The monoisotopic (exact) mass is 250 g/mol. The number of carboxylic acid groups (broad SMARTS) is 1. The van der Waals surface area contributed by atoms with Gasteiger partial charge in [0.15, 0.2) is 0 Å². The second-order valence-electron chi connectivity index (χ2n) is 3.48. The van der Waals surface area contributed by atoms with E-state index in [1.807, 2.05) is 0 Å². The highest BCUT2D eigenvalue weighted by Crippen LogP contribution is 2.02. The number of amides is 1. The van der Waals surface area contributed by atoms with E-state index in [9.17, 15) is 9.59 Å². The second kappa shape index (κ2) is 7.05. The molecule has 0 aromatic carbocycles. The fourth-order valence-electron chi connectivity index (χ4n) is 1.27. The molecule has 1 rings (SSSR count). The Morgan fingerprint density at radius 3 is 2.72 bits per heavy atom. The number of carbonyl (C=O) groups excluding carboxylic acids is 1. The lowest BCUT2D eigenvalue weighted by Gasteiger charge is -2.14. The molecule has 1 heterocycles. The van der Waals surface area contributed by atoms with Crippen LogP contribution in [0, 0.1) is 0 Å².